The summed E-state index contributed by atoms with van der Waals surface area (Å²) in [7, 11) is 1.57. The molecule has 2 N–H and O–H groups in total. The summed E-state index contributed by atoms with van der Waals surface area (Å²) in [6.07, 6.45) is 0.698. The van der Waals surface area contributed by atoms with Crippen LogP contribution in [0.5, 0.6) is 5.75 Å². The number of ether oxygens (including phenoxy) is 1. The van der Waals surface area contributed by atoms with Crippen LogP contribution in [0, 0.1) is 0 Å². The molecule has 1 saturated heterocycles. The van der Waals surface area contributed by atoms with Crippen molar-refractivity contribution in [2.24, 2.45) is 0 Å². The first-order valence-corrected chi connectivity index (χ1v) is 9.48. The van der Waals surface area contributed by atoms with E-state index >= 15 is 0 Å². The number of carbonyl (C=O) groups is 3. The molecule has 1 amide bonds. The fourth-order valence-corrected chi connectivity index (χ4v) is 4.01. The Kier molecular flexibility index (Phi) is 6.04. The zero-order valence-electron chi connectivity index (χ0n) is 15.0. The van der Waals surface area contributed by atoms with Crippen molar-refractivity contribution in [2.75, 3.05) is 7.11 Å². The largest absolute Gasteiger partial charge is 0.497 e. The Hall–Kier alpha value is -3.11. The molecule has 0 spiro atoms. The first kappa shape index (κ1) is 20.6. The van der Waals surface area contributed by atoms with Crippen molar-refractivity contribution in [3.05, 3.63) is 47.1 Å². The van der Waals surface area contributed by atoms with E-state index in [-0.39, 0.29) is 9.23 Å². The van der Waals surface area contributed by atoms with Gasteiger partial charge in [-0.1, -0.05) is 24.0 Å². The lowest BCUT2D eigenvalue weighted by Gasteiger charge is -2.21. The molecule has 150 valence electrons. The quantitative estimate of drug-likeness (QED) is 0.502. The zero-order chi connectivity index (χ0) is 21.1. The van der Waals surface area contributed by atoms with Crippen LogP contribution < -0.4 is 4.74 Å². The average Bonchev–Trinajstić information content (AvgIpc) is 3.25. The number of thioether (sulfide) groups is 1. The first-order valence-electron chi connectivity index (χ1n) is 8.26. The Morgan fingerprint density at radius 1 is 1.24 bits per heavy atom. The predicted octanol–water partition coefficient (Wildman–Crippen LogP) is 3.08. The number of furan rings is 1. The summed E-state index contributed by atoms with van der Waals surface area (Å²) < 4.78 is 10.8. The highest BCUT2D eigenvalue weighted by atomic mass is 32.2. The molecule has 1 aromatic heterocycles. The number of nitrogens with zero attached hydrogens (tertiary/aromatic N) is 1. The normalized spacial score (nSPS) is 16.3. The molecule has 1 aliphatic heterocycles. The Bertz CT molecular complexity index is 1010. The van der Waals surface area contributed by atoms with E-state index < -0.39 is 30.3 Å². The van der Waals surface area contributed by atoms with E-state index in [1.165, 1.54) is 6.08 Å². The topological polar surface area (TPSA) is 117 Å². The number of aliphatic carboxylic acids is 2. The van der Waals surface area contributed by atoms with E-state index in [4.69, 9.17) is 26.5 Å². The number of rotatable bonds is 7. The van der Waals surface area contributed by atoms with Gasteiger partial charge in [0.1, 0.15) is 27.6 Å². The van der Waals surface area contributed by atoms with Crippen LogP contribution in [-0.4, -0.2) is 50.4 Å². The fourth-order valence-electron chi connectivity index (χ4n) is 2.67. The zero-order valence-corrected chi connectivity index (χ0v) is 16.7. The van der Waals surface area contributed by atoms with E-state index in [1.807, 2.05) is 12.1 Å². The number of carbonyl (C=O) groups excluding carboxylic acids is 1. The molecule has 0 bridgehead atoms. The number of carboxylic acid groups (broad SMARTS) is 2. The van der Waals surface area contributed by atoms with Crippen molar-refractivity contribution in [1.82, 2.24) is 4.90 Å². The minimum Gasteiger partial charge on any atom is -0.497 e. The number of methoxy groups -OCH3 is 1. The van der Waals surface area contributed by atoms with Crippen LogP contribution in [-0.2, 0) is 14.4 Å². The second-order valence-corrected chi connectivity index (χ2v) is 7.61. The van der Waals surface area contributed by atoms with Gasteiger partial charge in [-0.05, 0) is 36.4 Å². The van der Waals surface area contributed by atoms with Crippen molar-refractivity contribution in [3.63, 3.8) is 0 Å². The summed E-state index contributed by atoms with van der Waals surface area (Å²) in [5.41, 5.74) is 0.811. The summed E-state index contributed by atoms with van der Waals surface area (Å²) in [6, 6.07) is 9.05. The maximum atomic E-state index is 12.6. The highest BCUT2D eigenvalue weighted by molar-refractivity contribution is 8.26. The highest BCUT2D eigenvalue weighted by Crippen LogP contribution is 2.35. The van der Waals surface area contributed by atoms with Gasteiger partial charge in [0.15, 0.2) is 0 Å². The average molecular weight is 433 g/mol. The second-order valence-electron chi connectivity index (χ2n) is 5.93. The molecule has 1 aliphatic rings. The van der Waals surface area contributed by atoms with Crippen molar-refractivity contribution in [3.8, 4) is 17.1 Å². The number of hydrogen-bond donors (Lipinski definition) is 2. The SMILES string of the molecule is COc1ccc(-c2ccc(/C=C3\SC(=S)N([C@H](CC(=O)O)C(=O)O)C3=O)o2)cc1. The molecule has 2 heterocycles. The molecule has 0 unspecified atom stereocenters. The third kappa shape index (κ3) is 4.49. The molecule has 0 aliphatic carbocycles. The van der Waals surface area contributed by atoms with Crippen LogP contribution in [0.4, 0.5) is 0 Å². The van der Waals surface area contributed by atoms with Gasteiger partial charge in [-0.15, -0.1) is 0 Å². The number of thiocarbonyl (C=S) groups is 1. The van der Waals surface area contributed by atoms with Crippen LogP contribution >= 0.6 is 24.0 Å². The fraction of sp³-hybridized carbons (Fsp3) is 0.158. The molecular formula is C19H15NO7S2. The van der Waals surface area contributed by atoms with Crippen LogP contribution in [0.25, 0.3) is 17.4 Å². The smallest absolute Gasteiger partial charge is 0.327 e. The summed E-state index contributed by atoms with van der Waals surface area (Å²) in [6.45, 7) is 0. The molecule has 2 aromatic rings. The first-order chi connectivity index (χ1) is 13.8. The predicted molar refractivity (Wildman–Crippen MR) is 109 cm³/mol. The molecule has 29 heavy (non-hydrogen) atoms. The second kappa shape index (κ2) is 8.50. The van der Waals surface area contributed by atoms with Gasteiger partial charge < -0.3 is 19.4 Å². The molecule has 1 atom stereocenters. The van der Waals surface area contributed by atoms with E-state index in [2.05, 4.69) is 0 Å². The summed E-state index contributed by atoms with van der Waals surface area (Å²) >= 11 is 5.99. The number of carboxylic acids is 2. The van der Waals surface area contributed by atoms with E-state index in [0.717, 1.165) is 22.2 Å². The monoisotopic (exact) mass is 433 g/mol. The maximum absolute atomic E-state index is 12.6. The maximum Gasteiger partial charge on any atom is 0.327 e. The van der Waals surface area contributed by atoms with Crippen molar-refractivity contribution >= 4 is 52.2 Å². The minimum atomic E-state index is -1.57. The Morgan fingerprint density at radius 3 is 2.52 bits per heavy atom. The lowest BCUT2D eigenvalue weighted by molar-refractivity contribution is -0.150. The summed E-state index contributed by atoms with van der Waals surface area (Å²) in [4.78, 5) is 36.0. The molecular weight excluding hydrogens is 418 g/mol. The number of amides is 1. The van der Waals surface area contributed by atoms with Gasteiger partial charge in [0, 0.05) is 11.6 Å². The Labute approximate surface area is 174 Å². The van der Waals surface area contributed by atoms with E-state index in [9.17, 15) is 19.5 Å². The van der Waals surface area contributed by atoms with Crippen LogP contribution in [0.15, 0.2) is 45.7 Å². The highest BCUT2D eigenvalue weighted by Gasteiger charge is 2.41. The van der Waals surface area contributed by atoms with Crippen LogP contribution in [0.2, 0.25) is 0 Å². The van der Waals surface area contributed by atoms with Gasteiger partial charge in [-0.2, -0.15) is 0 Å². The van der Waals surface area contributed by atoms with Crippen molar-refractivity contribution in [1.29, 1.82) is 0 Å². The Balaban J connectivity index is 1.83. The summed E-state index contributed by atoms with van der Waals surface area (Å²) in [5.74, 6) is -1.80. The van der Waals surface area contributed by atoms with Gasteiger partial charge in [0.05, 0.1) is 18.4 Å². The lowest BCUT2D eigenvalue weighted by atomic mass is 10.2. The van der Waals surface area contributed by atoms with Gasteiger partial charge in [0.2, 0.25) is 0 Å². The van der Waals surface area contributed by atoms with Gasteiger partial charge in [-0.25, -0.2) is 4.79 Å². The van der Waals surface area contributed by atoms with Gasteiger partial charge in [-0.3, -0.25) is 14.5 Å². The molecule has 1 fully saturated rings. The molecule has 0 radical (unpaired) electrons. The standard InChI is InChI=1S/C19H15NO7S2/c1-26-11-4-2-10(3-5-11)14-7-6-12(27-14)8-15-17(23)20(19(28)29-15)13(18(24)25)9-16(21)22/h2-8,13H,9H2,1H3,(H,21,22)(H,24,25)/b15-8-/t13-/m1/s1. The third-order valence-corrected chi connectivity index (χ3v) is 5.39. The molecule has 8 nitrogen and oxygen atoms in total. The van der Waals surface area contributed by atoms with Gasteiger partial charge >= 0.3 is 11.9 Å². The number of benzene rings is 1. The minimum absolute atomic E-state index is 0.0168. The summed E-state index contributed by atoms with van der Waals surface area (Å²) in [5, 5.41) is 18.2. The Morgan fingerprint density at radius 2 is 1.93 bits per heavy atom. The molecule has 3 rings (SSSR count). The van der Waals surface area contributed by atoms with E-state index in [1.54, 1.807) is 31.4 Å². The van der Waals surface area contributed by atoms with Crippen LogP contribution in [0.3, 0.4) is 0 Å². The molecule has 10 heteroatoms. The third-order valence-electron chi connectivity index (χ3n) is 4.06. The molecule has 1 aromatic carbocycles. The van der Waals surface area contributed by atoms with E-state index in [0.29, 0.717) is 17.3 Å². The van der Waals surface area contributed by atoms with Gasteiger partial charge in [0.25, 0.3) is 5.91 Å². The van der Waals surface area contributed by atoms with Crippen molar-refractivity contribution < 1.29 is 33.8 Å². The van der Waals surface area contributed by atoms with Crippen molar-refractivity contribution in [2.45, 2.75) is 12.5 Å². The number of hydrogen-bond acceptors (Lipinski definition) is 7. The van der Waals surface area contributed by atoms with Crippen LogP contribution in [0.1, 0.15) is 12.2 Å². The lowest BCUT2D eigenvalue weighted by Crippen LogP contribution is -2.45. The molecule has 0 saturated carbocycles.